The van der Waals surface area contributed by atoms with E-state index in [0.717, 1.165) is 22.9 Å². The molecule has 0 spiro atoms. The number of amides is 2. The van der Waals surface area contributed by atoms with Crippen molar-refractivity contribution in [3.8, 4) is 5.75 Å². The van der Waals surface area contributed by atoms with Crippen molar-refractivity contribution in [2.45, 2.75) is 26.8 Å². The molecule has 2 amide bonds. The van der Waals surface area contributed by atoms with Crippen LogP contribution in [0.15, 0.2) is 54.7 Å². The molecule has 0 unspecified atom stereocenters. The molecule has 0 radical (unpaired) electrons. The van der Waals surface area contributed by atoms with Gasteiger partial charge in [0.1, 0.15) is 12.3 Å². The first-order valence-electron chi connectivity index (χ1n) is 8.97. The number of hydrogen-bond acceptors (Lipinski definition) is 3. The second kappa shape index (κ2) is 8.40. The lowest BCUT2D eigenvalue weighted by Crippen LogP contribution is -2.29. The van der Waals surface area contributed by atoms with Crippen molar-refractivity contribution in [2.24, 2.45) is 0 Å². The Morgan fingerprint density at radius 2 is 1.93 bits per heavy atom. The maximum absolute atomic E-state index is 12.4. The second-order valence-electron chi connectivity index (χ2n) is 6.34. The van der Waals surface area contributed by atoms with Crippen molar-refractivity contribution in [1.29, 1.82) is 0 Å². The summed E-state index contributed by atoms with van der Waals surface area (Å²) < 4.78 is 7.33. The third kappa shape index (κ3) is 4.67. The predicted octanol–water partition coefficient (Wildman–Crippen LogP) is 4.09. The molecular weight excluding hydrogens is 342 g/mol. The molecule has 0 aliphatic heterocycles. The summed E-state index contributed by atoms with van der Waals surface area (Å²) in [6.45, 7) is 4.71. The predicted molar refractivity (Wildman–Crippen MR) is 106 cm³/mol. The molecule has 0 aliphatic rings. The van der Waals surface area contributed by atoms with Crippen LogP contribution >= 0.6 is 0 Å². The van der Waals surface area contributed by atoms with Crippen molar-refractivity contribution in [1.82, 2.24) is 9.88 Å². The molecule has 2 aromatic carbocycles. The van der Waals surface area contributed by atoms with E-state index in [1.165, 1.54) is 0 Å². The zero-order valence-corrected chi connectivity index (χ0v) is 15.5. The fourth-order valence-electron chi connectivity index (χ4n) is 2.92. The van der Waals surface area contributed by atoms with Gasteiger partial charge in [-0.05, 0) is 37.1 Å². The van der Waals surface area contributed by atoms with Gasteiger partial charge in [-0.2, -0.15) is 0 Å². The van der Waals surface area contributed by atoms with E-state index in [1.54, 1.807) is 24.3 Å². The van der Waals surface area contributed by atoms with Crippen molar-refractivity contribution in [2.75, 3.05) is 11.9 Å². The Bertz CT molecular complexity index is 962. The highest BCUT2D eigenvalue weighted by molar-refractivity contribution is 5.89. The fourth-order valence-corrected chi connectivity index (χ4v) is 2.92. The topological polar surface area (TPSA) is 72.4 Å². The van der Waals surface area contributed by atoms with Gasteiger partial charge in [0.2, 0.25) is 0 Å². The molecule has 140 valence electrons. The lowest BCUT2D eigenvalue weighted by molar-refractivity contribution is -0.134. The molecule has 6 nitrogen and oxygen atoms in total. The van der Waals surface area contributed by atoms with E-state index < -0.39 is 0 Å². The molecule has 3 rings (SSSR count). The third-order valence-electron chi connectivity index (χ3n) is 4.15. The van der Waals surface area contributed by atoms with Crippen molar-refractivity contribution < 1.29 is 14.3 Å². The summed E-state index contributed by atoms with van der Waals surface area (Å²) in [5.41, 5.74) is 2.67. The number of nitrogens with zero attached hydrogens (tertiary/aromatic N) is 1. The Labute approximate surface area is 158 Å². The summed E-state index contributed by atoms with van der Waals surface area (Å²) >= 11 is 0. The largest absolute Gasteiger partial charge is 0.425 e. The molecule has 6 heteroatoms. The van der Waals surface area contributed by atoms with Crippen molar-refractivity contribution in [3.05, 3.63) is 60.3 Å². The summed E-state index contributed by atoms with van der Waals surface area (Å²) in [7, 11) is 0. The molecule has 0 fully saturated rings. The average molecular weight is 365 g/mol. The highest BCUT2D eigenvalue weighted by Crippen LogP contribution is 2.21. The summed E-state index contributed by atoms with van der Waals surface area (Å²) in [6, 6.07) is 14.4. The van der Waals surface area contributed by atoms with Crippen LogP contribution in [0.5, 0.6) is 5.75 Å². The highest BCUT2D eigenvalue weighted by Gasteiger charge is 2.11. The molecule has 3 aromatic rings. The number of rotatable bonds is 6. The van der Waals surface area contributed by atoms with Gasteiger partial charge in [-0.25, -0.2) is 9.59 Å². The number of ether oxygens (including phenoxy) is 1. The number of para-hydroxylation sites is 1. The van der Waals surface area contributed by atoms with Crippen molar-refractivity contribution >= 4 is 28.6 Å². The Morgan fingerprint density at radius 1 is 1.11 bits per heavy atom. The SMILES string of the molecule is CCCNC(=O)Nc1cccc(OC(=O)Cn2cc(C)c3ccccc32)c1. The molecule has 0 saturated heterocycles. The first-order chi connectivity index (χ1) is 13.1. The zero-order chi connectivity index (χ0) is 19.2. The van der Waals surface area contributed by atoms with Crippen LogP contribution in [0.1, 0.15) is 18.9 Å². The second-order valence-corrected chi connectivity index (χ2v) is 6.34. The first kappa shape index (κ1) is 18.5. The molecular formula is C21H23N3O3. The van der Waals surface area contributed by atoms with Gasteiger partial charge in [-0.15, -0.1) is 0 Å². The van der Waals surface area contributed by atoms with Crippen LogP contribution < -0.4 is 15.4 Å². The zero-order valence-electron chi connectivity index (χ0n) is 15.5. The van der Waals surface area contributed by atoms with Crippen LogP contribution in [0.25, 0.3) is 10.9 Å². The Hall–Kier alpha value is -3.28. The monoisotopic (exact) mass is 365 g/mol. The van der Waals surface area contributed by atoms with Crippen LogP contribution in [-0.2, 0) is 11.3 Å². The minimum absolute atomic E-state index is 0.114. The van der Waals surface area contributed by atoms with Gasteiger partial charge in [0.15, 0.2) is 0 Å². The van der Waals surface area contributed by atoms with Gasteiger partial charge in [-0.1, -0.05) is 31.2 Å². The van der Waals surface area contributed by atoms with E-state index in [1.807, 2.05) is 48.9 Å². The number of hydrogen-bond donors (Lipinski definition) is 2. The van der Waals surface area contributed by atoms with Gasteiger partial charge in [0, 0.05) is 35.4 Å². The minimum atomic E-state index is -0.372. The first-order valence-corrected chi connectivity index (χ1v) is 8.97. The number of aryl methyl sites for hydroxylation is 1. The molecule has 0 aliphatic carbocycles. The number of aromatic nitrogens is 1. The Kier molecular flexibility index (Phi) is 5.76. The molecule has 1 heterocycles. The van der Waals surface area contributed by atoms with Gasteiger partial charge in [0.05, 0.1) is 0 Å². The molecule has 0 atom stereocenters. The lowest BCUT2D eigenvalue weighted by Gasteiger charge is -2.09. The van der Waals surface area contributed by atoms with Crippen LogP contribution in [0.3, 0.4) is 0 Å². The number of urea groups is 1. The third-order valence-corrected chi connectivity index (χ3v) is 4.15. The Balaban J connectivity index is 1.65. The van der Waals surface area contributed by atoms with Gasteiger partial charge in [0.25, 0.3) is 0 Å². The quantitative estimate of drug-likeness (QED) is 0.510. The normalized spacial score (nSPS) is 10.6. The maximum atomic E-state index is 12.4. The van der Waals surface area contributed by atoms with Gasteiger partial charge >= 0.3 is 12.0 Å². The number of carbonyl (C=O) groups excluding carboxylic acids is 2. The van der Waals surface area contributed by atoms with E-state index in [4.69, 9.17) is 4.74 Å². The summed E-state index contributed by atoms with van der Waals surface area (Å²) in [4.78, 5) is 24.1. The van der Waals surface area contributed by atoms with E-state index in [0.29, 0.717) is 18.0 Å². The summed E-state index contributed by atoms with van der Waals surface area (Å²) in [5.74, 6) is 0.0183. The van der Waals surface area contributed by atoms with E-state index in [9.17, 15) is 9.59 Å². The van der Waals surface area contributed by atoms with E-state index in [-0.39, 0.29) is 18.5 Å². The van der Waals surface area contributed by atoms with Crippen molar-refractivity contribution in [3.63, 3.8) is 0 Å². The molecule has 1 aromatic heterocycles. The summed E-state index contributed by atoms with van der Waals surface area (Å²) in [5, 5.41) is 6.57. The maximum Gasteiger partial charge on any atom is 0.331 e. The minimum Gasteiger partial charge on any atom is -0.425 e. The molecule has 2 N–H and O–H groups in total. The summed E-state index contributed by atoms with van der Waals surface area (Å²) in [6.07, 6.45) is 2.81. The number of fused-ring (bicyclic) bond motifs is 1. The number of nitrogens with one attached hydrogen (secondary N) is 2. The van der Waals surface area contributed by atoms with E-state index >= 15 is 0 Å². The van der Waals surface area contributed by atoms with Crippen LogP contribution in [0.4, 0.5) is 10.5 Å². The number of esters is 1. The fraction of sp³-hybridized carbons (Fsp3) is 0.238. The number of carbonyl (C=O) groups is 2. The molecule has 27 heavy (non-hydrogen) atoms. The molecule has 0 saturated carbocycles. The number of benzene rings is 2. The number of anilines is 1. The van der Waals surface area contributed by atoms with Gasteiger partial charge in [-0.3, -0.25) is 0 Å². The average Bonchev–Trinajstić information content (AvgIpc) is 2.96. The van der Waals surface area contributed by atoms with Crippen LogP contribution in [0, 0.1) is 6.92 Å². The molecule has 0 bridgehead atoms. The van der Waals surface area contributed by atoms with E-state index in [2.05, 4.69) is 10.6 Å². The smallest absolute Gasteiger partial charge is 0.331 e. The highest BCUT2D eigenvalue weighted by atomic mass is 16.5. The Morgan fingerprint density at radius 3 is 2.74 bits per heavy atom. The van der Waals surface area contributed by atoms with Gasteiger partial charge < -0.3 is 19.9 Å². The standard InChI is InChI=1S/C21H23N3O3/c1-3-11-22-21(26)23-16-7-6-8-17(12-16)27-20(25)14-24-13-15(2)18-9-4-5-10-19(18)24/h4-10,12-13H,3,11,14H2,1-2H3,(H2,22,23,26). The van der Waals surface area contributed by atoms with Crippen LogP contribution in [0.2, 0.25) is 0 Å². The van der Waals surface area contributed by atoms with Crippen LogP contribution in [-0.4, -0.2) is 23.1 Å². The lowest BCUT2D eigenvalue weighted by atomic mass is 10.2.